The molecule has 14 heavy (non-hydrogen) atoms. The highest BCUT2D eigenvalue weighted by molar-refractivity contribution is 5.04. The van der Waals surface area contributed by atoms with Crippen LogP contribution in [0.3, 0.4) is 0 Å². The number of alkyl halides is 5. The lowest BCUT2D eigenvalue weighted by molar-refractivity contribution is -0.210. The molecule has 0 aliphatic rings. The van der Waals surface area contributed by atoms with E-state index >= 15 is 0 Å². The van der Waals surface area contributed by atoms with Gasteiger partial charge in [-0.25, -0.2) is 0 Å². The molecule has 0 radical (unpaired) electrons. The number of halogens is 7. The fourth-order valence-electron chi connectivity index (χ4n) is 0.659. The molecule has 0 aromatic heterocycles. The Balaban J connectivity index is 4.96. The van der Waals surface area contributed by atoms with Gasteiger partial charge in [0, 0.05) is 0 Å². The molecule has 0 aromatic carbocycles. The van der Waals surface area contributed by atoms with E-state index in [9.17, 15) is 30.7 Å². The van der Waals surface area contributed by atoms with E-state index in [1.807, 2.05) is 0 Å². The molecule has 1 atom stereocenters. The summed E-state index contributed by atoms with van der Waals surface area (Å²) in [5.74, 6) is -12.2. The van der Waals surface area contributed by atoms with Gasteiger partial charge in [0.15, 0.2) is 0 Å². The maximum atomic E-state index is 12.6. The summed E-state index contributed by atoms with van der Waals surface area (Å²) in [4.78, 5) is 0. The fraction of sp³-hybridized carbons (Fsp3) is 0.714. The largest absolute Gasteiger partial charge is 0.334 e. The monoisotopic (exact) mass is 224 g/mol. The molecular weight excluding hydrogens is 217 g/mol. The van der Waals surface area contributed by atoms with Gasteiger partial charge in [0.2, 0.25) is 0 Å². The molecule has 0 bridgehead atoms. The van der Waals surface area contributed by atoms with Crippen LogP contribution in [0.25, 0.3) is 0 Å². The summed E-state index contributed by atoms with van der Waals surface area (Å²) in [5, 5.41) is 0. The van der Waals surface area contributed by atoms with Gasteiger partial charge in [-0.1, -0.05) is 6.92 Å². The van der Waals surface area contributed by atoms with Crippen LogP contribution < -0.4 is 0 Å². The molecule has 0 N–H and O–H groups in total. The predicted molar refractivity (Wildman–Crippen MR) is 35.3 cm³/mol. The smallest absolute Gasteiger partial charge is 0.251 e. The quantitative estimate of drug-likeness (QED) is 0.639. The summed E-state index contributed by atoms with van der Waals surface area (Å²) < 4.78 is 84.5. The third-order valence-corrected chi connectivity index (χ3v) is 1.59. The first-order valence-corrected chi connectivity index (χ1v) is 3.50. The van der Waals surface area contributed by atoms with Gasteiger partial charge in [-0.05, 0) is 0 Å². The summed E-state index contributed by atoms with van der Waals surface area (Å²) in [7, 11) is 0. The SMILES string of the molecule is CC(CF)C(F)(F)C(F)(F)C=C(F)F. The lowest BCUT2D eigenvalue weighted by Crippen LogP contribution is -2.45. The van der Waals surface area contributed by atoms with Gasteiger partial charge in [0.25, 0.3) is 6.08 Å². The van der Waals surface area contributed by atoms with Crippen molar-refractivity contribution < 1.29 is 30.7 Å². The Labute approximate surface area is 75.4 Å². The first-order chi connectivity index (χ1) is 6.15. The lowest BCUT2D eigenvalue weighted by atomic mass is 9.99. The molecule has 0 fully saturated rings. The molecule has 1 unspecified atom stereocenters. The van der Waals surface area contributed by atoms with E-state index in [0.29, 0.717) is 6.92 Å². The maximum absolute atomic E-state index is 12.6. The predicted octanol–water partition coefficient (Wildman–Crippen LogP) is 3.64. The Bertz CT molecular complexity index is 216. The molecular formula is C7H7F7. The van der Waals surface area contributed by atoms with Gasteiger partial charge in [0.1, 0.15) is 0 Å². The minimum Gasteiger partial charge on any atom is -0.251 e. The third kappa shape index (κ3) is 2.62. The highest BCUT2D eigenvalue weighted by Gasteiger charge is 2.58. The normalized spacial score (nSPS) is 15.1. The number of hydrogen-bond donors (Lipinski definition) is 0. The van der Waals surface area contributed by atoms with Crippen molar-refractivity contribution in [2.24, 2.45) is 5.92 Å². The van der Waals surface area contributed by atoms with Crippen molar-refractivity contribution in [2.45, 2.75) is 18.8 Å². The van der Waals surface area contributed by atoms with Gasteiger partial charge in [0.05, 0.1) is 18.7 Å². The fourth-order valence-corrected chi connectivity index (χ4v) is 0.659. The van der Waals surface area contributed by atoms with Crippen molar-refractivity contribution in [3.8, 4) is 0 Å². The second kappa shape index (κ2) is 4.18. The molecule has 0 spiro atoms. The Morgan fingerprint density at radius 3 is 1.93 bits per heavy atom. The molecule has 0 heterocycles. The molecule has 0 aromatic rings. The first kappa shape index (κ1) is 13.2. The van der Waals surface area contributed by atoms with Gasteiger partial charge < -0.3 is 0 Å². The summed E-state index contributed by atoms with van der Waals surface area (Å²) in [6.45, 7) is -1.21. The van der Waals surface area contributed by atoms with Gasteiger partial charge in [-0.2, -0.15) is 26.3 Å². The van der Waals surface area contributed by atoms with Crippen LogP contribution in [0.15, 0.2) is 12.2 Å². The molecule has 0 rings (SSSR count). The van der Waals surface area contributed by atoms with Crippen molar-refractivity contribution in [1.82, 2.24) is 0 Å². The number of allylic oxidation sites excluding steroid dienone is 1. The molecule has 0 aliphatic heterocycles. The topological polar surface area (TPSA) is 0 Å². The summed E-state index contributed by atoms with van der Waals surface area (Å²) >= 11 is 0. The van der Waals surface area contributed by atoms with Crippen LogP contribution in [0.4, 0.5) is 30.7 Å². The van der Waals surface area contributed by atoms with E-state index < -0.39 is 36.6 Å². The minimum absolute atomic E-state index is 0.512. The third-order valence-electron chi connectivity index (χ3n) is 1.59. The molecule has 0 nitrogen and oxygen atoms in total. The maximum Gasteiger partial charge on any atom is 0.334 e. The van der Waals surface area contributed by atoms with Crippen LogP contribution in [-0.2, 0) is 0 Å². The Morgan fingerprint density at radius 1 is 1.21 bits per heavy atom. The summed E-state index contributed by atoms with van der Waals surface area (Å²) in [6, 6.07) is 0. The molecule has 84 valence electrons. The van der Waals surface area contributed by atoms with Crippen LogP contribution in [0.5, 0.6) is 0 Å². The van der Waals surface area contributed by atoms with Crippen molar-refractivity contribution in [1.29, 1.82) is 0 Å². The Hall–Kier alpha value is -0.750. The standard InChI is InChI=1S/C7H7F7/c1-4(3-8)7(13,14)6(11,12)2-5(9)10/h2,4H,3H2,1H3. The number of rotatable bonds is 4. The van der Waals surface area contributed by atoms with Crippen LogP contribution in [0.1, 0.15) is 6.92 Å². The summed E-state index contributed by atoms with van der Waals surface area (Å²) in [5.41, 5.74) is 0. The summed E-state index contributed by atoms with van der Waals surface area (Å²) in [6.07, 6.45) is -4.10. The molecule has 0 saturated carbocycles. The van der Waals surface area contributed by atoms with Crippen molar-refractivity contribution in [3.05, 3.63) is 12.2 Å². The zero-order valence-corrected chi connectivity index (χ0v) is 7.01. The zero-order chi connectivity index (χ0) is 11.6. The van der Waals surface area contributed by atoms with Crippen LogP contribution in [0.2, 0.25) is 0 Å². The van der Waals surface area contributed by atoms with Crippen molar-refractivity contribution in [3.63, 3.8) is 0 Å². The van der Waals surface area contributed by atoms with Crippen LogP contribution in [-0.4, -0.2) is 18.5 Å². The molecule has 0 aliphatic carbocycles. The van der Waals surface area contributed by atoms with Crippen molar-refractivity contribution in [2.75, 3.05) is 6.67 Å². The van der Waals surface area contributed by atoms with Gasteiger partial charge in [-0.3, -0.25) is 4.39 Å². The lowest BCUT2D eigenvalue weighted by Gasteiger charge is -2.27. The second-order valence-electron chi connectivity index (χ2n) is 2.74. The van der Waals surface area contributed by atoms with E-state index in [-0.39, 0.29) is 0 Å². The van der Waals surface area contributed by atoms with E-state index in [2.05, 4.69) is 0 Å². The van der Waals surface area contributed by atoms with E-state index in [1.165, 1.54) is 0 Å². The van der Waals surface area contributed by atoms with Crippen molar-refractivity contribution >= 4 is 0 Å². The van der Waals surface area contributed by atoms with Gasteiger partial charge in [-0.15, -0.1) is 0 Å². The molecule has 0 amide bonds. The first-order valence-electron chi connectivity index (χ1n) is 3.50. The molecule has 0 saturated heterocycles. The molecule has 7 heteroatoms. The van der Waals surface area contributed by atoms with Crippen LogP contribution >= 0.6 is 0 Å². The average molecular weight is 224 g/mol. The Kier molecular flexibility index (Phi) is 3.96. The van der Waals surface area contributed by atoms with Crippen LogP contribution in [0, 0.1) is 5.92 Å². The highest BCUT2D eigenvalue weighted by Crippen LogP contribution is 2.42. The highest BCUT2D eigenvalue weighted by atomic mass is 19.3. The number of hydrogen-bond acceptors (Lipinski definition) is 0. The van der Waals surface area contributed by atoms with Gasteiger partial charge >= 0.3 is 11.8 Å². The Morgan fingerprint density at radius 2 is 1.64 bits per heavy atom. The van der Waals surface area contributed by atoms with E-state index in [0.717, 1.165) is 0 Å². The van der Waals surface area contributed by atoms with E-state index in [4.69, 9.17) is 0 Å². The van der Waals surface area contributed by atoms with E-state index in [1.54, 1.807) is 0 Å². The zero-order valence-electron chi connectivity index (χ0n) is 7.01. The second-order valence-corrected chi connectivity index (χ2v) is 2.74. The average Bonchev–Trinajstić information content (AvgIpc) is 2.00. The minimum atomic E-state index is -5.04.